The molecule has 0 amide bonds. The van der Waals surface area contributed by atoms with Gasteiger partial charge in [-0.15, -0.1) is 0 Å². The van der Waals surface area contributed by atoms with E-state index in [1.54, 1.807) is 13.8 Å². The van der Waals surface area contributed by atoms with Crippen LogP contribution in [0.4, 0.5) is 4.39 Å². The van der Waals surface area contributed by atoms with Crippen LogP contribution in [-0.4, -0.2) is 27.5 Å². The zero-order chi connectivity index (χ0) is 20.7. The van der Waals surface area contributed by atoms with E-state index < -0.39 is 19.2 Å². The van der Waals surface area contributed by atoms with Gasteiger partial charge in [-0.1, -0.05) is 36.4 Å². The van der Waals surface area contributed by atoms with Crippen LogP contribution in [0, 0.1) is 5.82 Å². The van der Waals surface area contributed by atoms with Crippen LogP contribution < -0.4 is 5.32 Å². The van der Waals surface area contributed by atoms with E-state index in [1.807, 2.05) is 12.1 Å². The minimum atomic E-state index is -4.40. The molecule has 0 radical (unpaired) electrons. The van der Waals surface area contributed by atoms with Crippen molar-refractivity contribution >= 4 is 7.60 Å². The Bertz CT molecular complexity index is 788. The van der Waals surface area contributed by atoms with E-state index in [-0.39, 0.29) is 12.0 Å². The second-order valence-electron chi connectivity index (χ2n) is 7.33. The highest BCUT2D eigenvalue weighted by molar-refractivity contribution is 7.52. The molecule has 2 aromatic rings. The third-order valence-electron chi connectivity index (χ3n) is 4.57. The summed E-state index contributed by atoms with van der Waals surface area (Å²) in [5.74, 6) is -1.32. The highest BCUT2D eigenvalue weighted by atomic mass is 31.2. The van der Waals surface area contributed by atoms with E-state index in [2.05, 4.69) is 17.4 Å². The maximum atomic E-state index is 13.1. The lowest BCUT2D eigenvalue weighted by Gasteiger charge is -2.28. The Hall–Kier alpha value is -1.56. The van der Waals surface area contributed by atoms with Gasteiger partial charge < -0.3 is 14.9 Å². The van der Waals surface area contributed by atoms with Crippen LogP contribution in [0.25, 0.3) is 0 Å². The first kappa shape index (κ1) is 22.7. The van der Waals surface area contributed by atoms with Crippen molar-refractivity contribution in [1.82, 2.24) is 5.32 Å². The molecule has 0 spiro atoms. The molecule has 2 unspecified atom stereocenters. The van der Waals surface area contributed by atoms with E-state index in [9.17, 15) is 18.7 Å². The molecule has 2 atom stereocenters. The zero-order valence-electron chi connectivity index (χ0n) is 16.3. The van der Waals surface area contributed by atoms with Gasteiger partial charge in [0.2, 0.25) is 0 Å². The lowest BCUT2D eigenvalue weighted by atomic mass is 9.83. The molecule has 0 fully saturated rings. The molecular formula is C21H29FNO4P. The van der Waals surface area contributed by atoms with Crippen molar-refractivity contribution in [3.63, 3.8) is 0 Å². The van der Waals surface area contributed by atoms with Crippen molar-refractivity contribution in [2.75, 3.05) is 6.54 Å². The van der Waals surface area contributed by atoms with Gasteiger partial charge >= 0.3 is 7.60 Å². The van der Waals surface area contributed by atoms with Crippen molar-refractivity contribution in [3.05, 3.63) is 71.0 Å². The fraction of sp³-hybridized carbons (Fsp3) is 0.429. The minimum absolute atomic E-state index is 0.167. The topological polar surface area (TPSA) is 89.8 Å². The third-order valence-corrected chi connectivity index (χ3v) is 5.73. The quantitative estimate of drug-likeness (QED) is 0.559. The Morgan fingerprint density at radius 3 is 2.36 bits per heavy atom. The summed E-state index contributed by atoms with van der Waals surface area (Å²) in [6.45, 7) is 3.92. The summed E-state index contributed by atoms with van der Waals surface area (Å²) in [5, 5.41) is 11.1. The molecule has 1 aliphatic rings. The van der Waals surface area contributed by atoms with Gasteiger partial charge in [-0.25, -0.2) is 4.39 Å². The second-order valence-corrected chi connectivity index (χ2v) is 9.03. The van der Waals surface area contributed by atoms with Gasteiger partial charge in [0, 0.05) is 12.6 Å². The van der Waals surface area contributed by atoms with Gasteiger partial charge in [0.25, 0.3) is 0 Å². The minimum Gasteiger partial charge on any atom is -0.394 e. The Balaban J connectivity index is 0.000000640. The second kappa shape index (κ2) is 10.3. The average molecular weight is 409 g/mol. The van der Waals surface area contributed by atoms with Crippen LogP contribution in [0.5, 0.6) is 0 Å². The molecule has 0 bridgehead atoms. The molecular weight excluding hydrogens is 380 g/mol. The maximum absolute atomic E-state index is 13.1. The number of nitrogens with one attached hydrogen (secondary N) is 1. The Morgan fingerprint density at radius 2 is 1.75 bits per heavy atom. The summed E-state index contributed by atoms with van der Waals surface area (Å²) >= 11 is 0. The summed E-state index contributed by atoms with van der Waals surface area (Å²) in [7, 11) is -4.40. The number of halogens is 1. The number of hydrogen-bond acceptors (Lipinski definition) is 3. The number of aryl methyl sites for hydroxylation is 1. The number of benzene rings is 2. The van der Waals surface area contributed by atoms with E-state index in [4.69, 9.17) is 5.11 Å². The van der Waals surface area contributed by atoms with E-state index in [1.165, 1.54) is 35.4 Å². The summed E-state index contributed by atoms with van der Waals surface area (Å²) in [6.07, 6.45) is 2.94. The SMILES string of the molecule is CC(C)O.O=P(O)(O)C(NCC1CCCc2ccccc21)c1ccc(F)cc1. The van der Waals surface area contributed by atoms with E-state index in [0.29, 0.717) is 12.1 Å². The number of hydrogen-bond donors (Lipinski definition) is 4. The average Bonchev–Trinajstić information content (AvgIpc) is 2.62. The third kappa shape index (κ3) is 6.80. The molecule has 7 heteroatoms. The molecule has 154 valence electrons. The number of aliphatic hydroxyl groups is 1. The highest BCUT2D eigenvalue weighted by Crippen LogP contribution is 2.50. The van der Waals surface area contributed by atoms with Gasteiger partial charge in [-0.05, 0) is 67.9 Å². The molecule has 2 aromatic carbocycles. The summed E-state index contributed by atoms with van der Waals surface area (Å²) in [4.78, 5) is 19.4. The summed E-state index contributed by atoms with van der Waals surface area (Å²) < 4.78 is 24.9. The Labute approximate surface area is 165 Å². The van der Waals surface area contributed by atoms with Crippen molar-refractivity contribution in [2.24, 2.45) is 0 Å². The number of rotatable bonds is 5. The lowest BCUT2D eigenvalue weighted by Crippen LogP contribution is -2.28. The smallest absolute Gasteiger partial charge is 0.346 e. The number of aliphatic hydroxyl groups excluding tert-OH is 1. The van der Waals surface area contributed by atoms with E-state index >= 15 is 0 Å². The van der Waals surface area contributed by atoms with Gasteiger partial charge in [0.15, 0.2) is 0 Å². The highest BCUT2D eigenvalue weighted by Gasteiger charge is 2.31. The number of fused-ring (bicyclic) bond motifs is 1. The van der Waals surface area contributed by atoms with Crippen LogP contribution in [0.3, 0.4) is 0 Å². The zero-order valence-corrected chi connectivity index (χ0v) is 17.1. The lowest BCUT2D eigenvalue weighted by molar-refractivity contribution is 0.216. The summed E-state index contributed by atoms with van der Waals surface area (Å²) in [6, 6.07) is 13.5. The largest absolute Gasteiger partial charge is 0.394 e. The predicted molar refractivity (Wildman–Crippen MR) is 109 cm³/mol. The van der Waals surface area contributed by atoms with Gasteiger partial charge in [-0.3, -0.25) is 9.88 Å². The van der Waals surface area contributed by atoms with Crippen molar-refractivity contribution < 1.29 is 23.8 Å². The van der Waals surface area contributed by atoms with E-state index in [0.717, 1.165) is 19.3 Å². The molecule has 0 saturated heterocycles. The van der Waals surface area contributed by atoms with Gasteiger partial charge in [-0.2, -0.15) is 0 Å². The van der Waals surface area contributed by atoms with Crippen molar-refractivity contribution in [2.45, 2.75) is 50.9 Å². The van der Waals surface area contributed by atoms with Crippen LogP contribution in [-0.2, 0) is 11.0 Å². The molecule has 0 saturated carbocycles. The molecule has 3 rings (SSSR count). The van der Waals surface area contributed by atoms with Crippen molar-refractivity contribution in [3.8, 4) is 0 Å². The van der Waals surface area contributed by atoms with Crippen molar-refractivity contribution in [1.29, 1.82) is 0 Å². The van der Waals surface area contributed by atoms with Crippen LogP contribution >= 0.6 is 7.60 Å². The van der Waals surface area contributed by atoms with Gasteiger partial charge in [0.05, 0.1) is 0 Å². The molecule has 0 aromatic heterocycles. The molecule has 4 N–H and O–H groups in total. The first-order chi connectivity index (χ1) is 13.2. The molecule has 1 aliphatic carbocycles. The normalized spacial score (nSPS) is 17.5. The Kier molecular flexibility index (Phi) is 8.35. The molecule has 0 aliphatic heterocycles. The standard InChI is InChI=1S/C18H21FNO3P.C3H8O/c19-16-10-8-14(9-11-16)18(24(21,22)23)20-12-15-6-3-5-13-4-1-2-7-17(13)15;1-3(2)4/h1-2,4,7-11,15,18,20H,3,5-6,12H2,(H2,21,22,23);3-4H,1-2H3. The van der Waals surface area contributed by atoms with Crippen LogP contribution in [0.15, 0.2) is 48.5 Å². The van der Waals surface area contributed by atoms with Gasteiger partial charge in [0.1, 0.15) is 11.6 Å². The fourth-order valence-electron chi connectivity index (χ4n) is 3.40. The molecule has 28 heavy (non-hydrogen) atoms. The fourth-order valence-corrected chi connectivity index (χ4v) is 4.30. The maximum Gasteiger partial charge on any atom is 0.346 e. The molecule has 0 heterocycles. The predicted octanol–water partition coefficient (Wildman–Crippen LogP) is 4.10. The first-order valence-corrected chi connectivity index (χ1v) is 11.2. The summed E-state index contributed by atoms with van der Waals surface area (Å²) in [5.41, 5.74) is 2.96. The van der Waals surface area contributed by atoms with Crippen LogP contribution in [0.1, 0.15) is 55.1 Å². The monoisotopic (exact) mass is 409 g/mol. The van der Waals surface area contributed by atoms with Crippen LogP contribution in [0.2, 0.25) is 0 Å². The molecule has 5 nitrogen and oxygen atoms in total. The first-order valence-electron chi connectivity index (χ1n) is 9.48. The Morgan fingerprint density at radius 1 is 1.14 bits per heavy atom.